The quantitative estimate of drug-likeness (QED) is 0.661. The van der Waals surface area contributed by atoms with Crippen LogP contribution in [0.2, 0.25) is 0 Å². The Labute approximate surface area is 93.5 Å². The van der Waals surface area contributed by atoms with Gasteiger partial charge in [0.1, 0.15) is 5.75 Å². The van der Waals surface area contributed by atoms with E-state index < -0.39 is 10.0 Å². The summed E-state index contributed by atoms with van der Waals surface area (Å²) in [4.78, 5) is -0.0486. The summed E-state index contributed by atoms with van der Waals surface area (Å²) in [6.07, 6.45) is 1.59. The van der Waals surface area contributed by atoms with E-state index in [1.165, 1.54) is 0 Å². The second-order valence-corrected chi connectivity index (χ2v) is 5.32. The first kappa shape index (κ1) is 12.1. The van der Waals surface area contributed by atoms with Gasteiger partial charge in [-0.1, -0.05) is 12.2 Å². The molecule has 0 bridgehead atoms. The Morgan fingerprint density at radius 1 is 1.73 bits per heavy atom. The van der Waals surface area contributed by atoms with Gasteiger partial charge in [-0.25, -0.2) is 13.1 Å². The summed E-state index contributed by atoms with van der Waals surface area (Å²) in [5.74, 6) is -0.333. The summed E-state index contributed by atoms with van der Waals surface area (Å²) in [6, 6.07) is 1.73. The fraction of sp³-hybridized carbons (Fsp3) is 0.429. The molecule has 1 aromatic rings. The molecule has 0 radical (unpaired) electrons. The Morgan fingerprint density at radius 3 is 2.87 bits per heavy atom. The molecule has 0 unspecified atom stereocenters. The molecule has 0 aliphatic rings. The molecule has 3 N–H and O–H groups in total. The number of nitrogens with zero attached hydrogens (tertiary/aromatic N) is 2. The van der Waals surface area contributed by atoms with Crippen molar-refractivity contribution in [3.8, 4) is 0 Å². The maximum absolute atomic E-state index is 11.3. The molecule has 1 rings (SSSR count). The normalized spacial score (nSPS) is 11.5. The molecule has 0 saturated heterocycles. The van der Waals surface area contributed by atoms with Crippen LogP contribution in [0.3, 0.4) is 0 Å². The summed E-state index contributed by atoms with van der Waals surface area (Å²) >= 11 is 4.52. The Kier molecular flexibility index (Phi) is 3.77. The van der Waals surface area contributed by atoms with Crippen molar-refractivity contribution in [2.24, 2.45) is 12.8 Å². The first-order valence-electron chi connectivity index (χ1n) is 4.13. The molecule has 1 heterocycles. The summed E-state index contributed by atoms with van der Waals surface area (Å²) < 4.78 is 26.6. The summed E-state index contributed by atoms with van der Waals surface area (Å²) in [7, 11) is -1.70. The largest absolute Gasteiger partial charge is 0.392 e. The van der Waals surface area contributed by atoms with E-state index in [-0.39, 0.29) is 17.3 Å². The third-order valence-corrected chi connectivity index (χ3v) is 3.33. The standard InChI is InChI=1S/C7H12N4O2S2/c1-11-6(2-3-9-11)4-10-15(12,13)5-7(8)14/h2-3,10H,4-5H2,1H3,(H2,8,14). The van der Waals surface area contributed by atoms with Crippen LogP contribution in [-0.4, -0.2) is 28.9 Å². The third-order valence-electron chi connectivity index (χ3n) is 1.73. The van der Waals surface area contributed by atoms with Crippen molar-refractivity contribution in [2.45, 2.75) is 6.54 Å². The van der Waals surface area contributed by atoms with Crippen LogP contribution in [0.4, 0.5) is 0 Å². The van der Waals surface area contributed by atoms with Gasteiger partial charge >= 0.3 is 0 Å². The molecular weight excluding hydrogens is 236 g/mol. The lowest BCUT2D eigenvalue weighted by Gasteiger charge is -2.05. The minimum Gasteiger partial charge on any atom is -0.392 e. The van der Waals surface area contributed by atoms with Crippen LogP contribution < -0.4 is 10.5 Å². The molecule has 0 saturated carbocycles. The third kappa shape index (κ3) is 3.94. The van der Waals surface area contributed by atoms with Crippen molar-refractivity contribution >= 4 is 27.2 Å². The van der Waals surface area contributed by atoms with E-state index >= 15 is 0 Å². The number of nitrogens with two attached hydrogens (primary N) is 1. The molecule has 15 heavy (non-hydrogen) atoms. The predicted octanol–water partition coefficient (Wildman–Crippen LogP) is -0.874. The SMILES string of the molecule is Cn1nccc1CNS(=O)(=O)CC(N)=S. The lowest BCUT2D eigenvalue weighted by molar-refractivity contribution is 0.581. The van der Waals surface area contributed by atoms with Crippen LogP contribution in [0.5, 0.6) is 0 Å². The van der Waals surface area contributed by atoms with Gasteiger partial charge in [0.05, 0.1) is 17.2 Å². The van der Waals surface area contributed by atoms with E-state index in [9.17, 15) is 8.42 Å². The summed E-state index contributed by atoms with van der Waals surface area (Å²) in [5, 5.41) is 3.91. The van der Waals surface area contributed by atoms with Crippen molar-refractivity contribution in [3.63, 3.8) is 0 Å². The first-order valence-corrected chi connectivity index (χ1v) is 6.19. The van der Waals surface area contributed by atoms with Crippen LogP contribution in [0.25, 0.3) is 0 Å². The van der Waals surface area contributed by atoms with E-state index in [2.05, 4.69) is 22.0 Å². The fourth-order valence-corrected chi connectivity index (χ4v) is 2.31. The Hall–Kier alpha value is -0.990. The van der Waals surface area contributed by atoms with Gasteiger partial charge < -0.3 is 5.73 Å². The highest BCUT2D eigenvalue weighted by Crippen LogP contribution is 1.96. The number of rotatable bonds is 5. The zero-order chi connectivity index (χ0) is 11.5. The fourth-order valence-electron chi connectivity index (χ4n) is 0.997. The highest BCUT2D eigenvalue weighted by molar-refractivity contribution is 7.92. The number of thiocarbonyl (C=S) groups is 1. The molecule has 1 aromatic heterocycles. The molecule has 0 fully saturated rings. The summed E-state index contributed by atoms with van der Waals surface area (Å²) in [5.41, 5.74) is 5.92. The Morgan fingerprint density at radius 2 is 2.40 bits per heavy atom. The average Bonchev–Trinajstić information content (AvgIpc) is 2.45. The van der Waals surface area contributed by atoms with Crippen LogP contribution in [0.1, 0.15) is 5.69 Å². The second kappa shape index (κ2) is 4.69. The molecule has 84 valence electrons. The molecule has 8 heteroatoms. The Bertz CT molecular complexity index is 451. The van der Waals surface area contributed by atoms with Gasteiger partial charge in [0.2, 0.25) is 10.0 Å². The van der Waals surface area contributed by atoms with Gasteiger partial charge in [0.15, 0.2) is 0 Å². The van der Waals surface area contributed by atoms with Crippen LogP contribution in [0, 0.1) is 0 Å². The number of aryl methyl sites for hydroxylation is 1. The molecule has 0 atom stereocenters. The maximum atomic E-state index is 11.3. The number of nitrogens with one attached hydrogen (secondary N) is 1. The van der Waals surface area contributed by atoms with E-state index in [1.807, 2.05) is 0 Å². The van der Waals surface area contributed by atoms with Crippen molar-refractivity contribution in [3.05, 3.63) is 18.0 Å². The lowest BCUT2D eigenvalue weighted by atomic mass is 10.4. The van der Waals surface area contributed by atoms with Gasteiger partial charge in [-0.3, -0.25) is 4.68 Å². The van der Waals surface area contributed by atoms with Crippen molar-refractivity contribution < 1.29 is 8.42 Å². The Balaban J connectivity index is 2.58. The van der Waals surface area contributed by atoms with Gasteiger partial charge in [-0.2, -0.15) is 5.10 Å². The minimum absolute atomic E-state index is 0.0486. The number of aromatic nitrogens is 2. The number of hydrogen-bond acceptors (Lipinski definition) is 4. The molecule has 6 nitrogen and oxygen atoms in total. The second-order valence-electron chi connectivity index (χ2n) is 2.99. The summed E-state index contributed by atoms with van der Waals surface area (Å²) in [6.45, 7) is 0.182. The van der Waals surface area contributed by atoms with Gasteiger partial charge in [0, 0.05) is 13.2 Å². The molecule has 0 spiro atoms. The molecule has 0 aliphatic carbocycles. The molecular formula is C7H12N4O2S2. The topological polar surface area (TPSA) is 90.0 Å². The van der Waals surface area contributed by atoms with E-state index in [1.54, 1.807) is 24.0 Å². The maximum Gasteiger partial charge on any atom is 0.218 e. The molecule has 0 amide bonds. The van der Waals surface area contributed by atoms with Crippen LogP contribution >= 0.6 is 12.2 Å². The molecule has 0 aliphatic heterocycles. The lowest BCUT2D eigenvalue weighted by Crippen LogP contribution is -2.32. The van der Waals surface area contributed by atoms with Crippen LogP contribution in [-0.2, 0) is 23.6 Å². The van der Waals surface area contributed by atoms with Gasteiger partial charge in [-0.05, 0) is 6.07 Å². The highest BCUT2D eigenvalue weighted by atomic mass is 32.2. The first-order chi connectivity index (χ1) is 6.91. The van der Waals surface area contributed by atoms with Crippen LogP contribution in [0.15, 0.2) is 12.3 Å². The predicted molar refractivity (Wildman–Crippen MR) is 60.6 cm³/mol. The number of sulfonamides is 1. The van der Waals surface area contributed by atoms with Crippen molar-refractivity contribution in [1.82, 2.24) is 14.5 Å². The monoisotopic (exact) mass is 248 g/mol. The minimum atomic E-state index is -3.43. The van der Waals surface area contributed by atoms with E-state index in [0.717, 1.165) is 5.69 Å². The van der Waals surface area contributed by atoms with Gasteiger partial charge in [0.25, 0.3) is 0 Å². The highest BCUT2D eigenvalue weighted by Gasteiger charge is 2.12. The zero-order valence-corrected chi connectivity index (χ0v) is 9.81. The van der Waals surface area contributed by atoms with E-state index in [4.69, 9.17) is 5.73 Å². The zero-order valence-electron chi connectivity index (χ0n) is 8.17. The van der Waals surface area contributed by atoms with Crippen molar-refractivity contribution in [1.29, 1.82) is 0 Å². The van der Waals surface area contributed by atoms with Crippen molar-refractivity contribution in [2.75, 3.05) is 5.75 Å². The number of hydrogen-bond donors (Lipinski definition) is 2. The molecule has 0 aromatic carbocycles. The van der Waals surface area contributed by atoms with E-state index in [0.29, 0.717) is 0 Å². The average molecular weight is 248 g/mol. The van der Waals surface area contributed by atoms with Gasteiger partial charge in [-0.15, -0.1) is 0 Å². The smallest absolute Gasteiger partial charge is 0.218 e.